The molecule has 0 saturated carbocycles. The second-order valence-corrected chi connectivity index (χ2v) is 8.34. The van der Waals surface area contributed by atoms with Gasteiger partial charge < -0.3 is 4.90 Å². The highest BCUT2D eigenvalue weighted by atomic mass is 32.2. The molecule has 1 fully saturated rings. The molecule has 6 nitrogen and oxygen atoms in total. The number of rotatable bonds is 4. The fourth-order valence-corrected chi connectivity index (χ4v) is 4.28. The van der Waals surface area contributed by atoms with Crippen LogP contribution in [-0.4, -0.2) is 45.4 Å². The molecule has 0 radical (unpaired) electrons. The van der Waals surface area contributed by atoms with Gasteiger partial charge in [0, 0.05) is 18.8 Å². The first-order valence-corrected chi connectivity index (χ1v) is 10.1. The number of nitrogens with zero attached hydrogens (tertiary/aromatic N) is 2. The van der Waals surface area contributed by atoms with Gasteiger partial charge in [0.25, 0.3) is 0 Å². The molecular weight excluding hydrogens is 326 g/mol. The molecule has 3 rings (SSSR count). The van der Waals surface area contributed by atoms with Crippen molar-refractivity contribution >= 4 is 21.6 Å². The number of primary sulfonamides is 1. The van der Waals surface area contributed by atoms with Crippen molar-refractivity contribution in [1.82, 2.24) is 4.90 Å². The summed E-state index contributed by atoms with van der Waals surface area (Å²) < 4.78 is 22.9. The number of piperidine rings is 1. The van der Waals surface area contributed by atoms with Crippen molar-refractivity contribution in [3.05, 3.63) is 23.8 Å². The molecule has 7 heteroatoms. The molecule has 24 heavy (non-hydrogen) atoms. The smallest absolute Gasteiger partial charge is 0.241 e. The third-order valence-electron chi connectivity index (χ3n) is 5.12. The number of sulfonamides is 1. The Morgan fingerprint density at radius 3 is 2.83 bits per heavy atom. The van der Waals surface area contributed by atoms with E-state index in [-0.39, 0.29) is 10.8 Å². The molecule has 1 aromatic rings. The zero-order valence-electron chi connectivity index (χ0n) is 14.1. The van der Waals surface area contributed by atoms with Crippen molar-refractivity contribution in [3.63, 3.8) is 0 Å². The van der Waals surface area contributed by atoms with E-state index in [1.807, 2.05) is 0 Å². The number of hydrogen-bond acceptors (Lipinski definition) is 4. The predicted octanol–water partition coefficient (Wildman–Crippen LogP) is 1.35. The molecule has 2 heterocycles. The maximum Gasteiger partial charge on any atom is 0.241 e. The van der Waals surface area contributed by atoms with E-state index in [1.54, 1.807) is 17.0 Å². The molecule has 0 aliphatic carbocycles. The third kappa shape index (κ3) is 3.63. The SMILES string of the molecule is CCC1CCCN(CC(=O)N2CCc3cc(S(N)(=O)=O)ccc32)C1. The van der Waals surface area contributed by atoms with Crippen LogP contribution in [0.1, 0.15) is 31.7 Å². The Kier molecular flexibility index (Phi) is 4.94. The van der Waals surface area contributed by atoms with Crippen LogP contribution in [0.25, 0.3) is 0 Å². The summed E-state index contributed by atoms with van der Waals surface area (Å²) in [5, 5.41) is 5.18. The van der Waals surface area contributed by atoms with Crippen LogP contribution in [0.15, 0.2) is 23.1 Å². The number of carbonyl (C=O) groups excluding carboxylic acids is 1. The summed E-state index contributed by atoms with van der Waals surface area (Å²) >= 11 is 0. The van der Waals surface area contributed by atoms with Crippen LogP contribution in [0, 0.1) is 5.92 Å². The zero-order valence-corrected chi connectivity index (χ0v) is 14.9. The van der Waals surface area contributed by atoms with E-state index in [2.05, 4.69) is 11.8 Å². The van der Waals surface area contributed by atoms with Gasteiger partial charge in [-0.1, -0.05) is 13.3 Å². The van der Waals surface area contributed by atoms with Crippen LogP contribution < -0.4 is 10.0 Å². The molecule has 1 unspecified atom stereocenters. The first-order chi connectivity index (χ1) is 11.4. The standard InChI is InChI=1S/C17H25N3O3S/c1-2-13-4-3-8-19(11-13)12-17(21)20-9-7-14-10-15(24(18,22)23)5-6-16(14)20/h5-6,10,13H,2-4,7-9,11-12H2,1H3,(H2,18,22,23). The van der Waals surface area contributed by atoms with E-state index in [4.69, 9.17) is 5.14 Å². The van der Waals surface area contributed by atoms with Gasteiger partial charge in [-0.05, 0) is 55.5 Å². The van der Waals surface area contributed by atoms with Gasteiger partial charge in [0.1, 0.15) is 0 Å². The lowest BCUT2D eigenvalue weighted by molar-refractivity contribution is -0.120. The number of benzene rings is 1. The van der Waals surface area contributed by atoms with Crippen LogP contribution in [0.2, 0.25) is 0 Å². The highest BCUT2D eigenvalue weighted by molar-refractivity contribution is 7.89. The lowest BCUT2D eigenvalue weighted by atomic mass is 9.96. The second kappa shape index (κ2) is 6.82. The monoisotopic (exact) mass is 351 g/mol. The summed E-state index contributed by atoms with van der Waals surface area (Å²) in [6.07, 6.45) is 4.24. The summed E-state index contributed by atoms with van der Waals surface area (Å²) in [7, 11) is -3.71. The number of fused-ring (bicyclic) bond motifs is 1. The molecular formula is C17H25N3O3S. The number of nitrogens with two attached hydrogens (primary N) is 1. The molecule has 1 aromatic carbocycles. The topological polar surface area (TPSA) is 83.7 Å². The molecule has 2 N–H and O–H groups in total. The molecule has 1 saturated heterocycles. The number of likely N-dealkylation sites (tertiary alicyclic amines) is 1. The van der Waals surface area contributed by atoms with Gasteiger partial charge in [-0.25, -0.2) is 13.6 Å². The molecule has 1 amide bonds. The summed E-state index contributed by atoms with van der Waals surface area (Å²) in [4.78, 5) is 16.8. The van der Waals surface area contributed by atoms with E-state index in [0.717, 1.165) is 37.2 Å². The van der Waals surface area contributed by atoms with E-state index >= 15 is 0 Å². The molecule has 0 bridgehead atoms. The number of anilines is 1. The average Bonchev–Trinajstić information content (AvgIpc) is 2.97. The van der Waals surface area contributed by atoms with Gasteiger partial charge in [0.05, 0.1) is 11.4 Å². The molecule has 1 atom stereocenters. The Morgan fingerprint density at radius 2 is 2.12 bits per heavy atom. The summed E-state index contributed by atoms with van der Waals surface area (Å²) in [5.41, 5.74) is 1.69. The minimum absolute atomic E-state index is 0.0915. The molecule has 0 aromatic heterocycles. The van der Waals surface area contributed by atoms with Crippen molar-refractivity contribution in [3.8, 4) is 0 Å². The van der Waals surface area contributed by atoms with E-state index in [1.165, 1.54) is 12.5 Å². The highest BCUT2D eigenvalue weighted by Crippen LogP contribution is 2.30. The van der Waals surface area contributed by atoms with Gasteiger partial charge in [-0.2, -0.15) is 0 Å². The van der Waals surface area contributed by atoms with Crippen LogP contribution in [0.4, 0.5) is 5.69 Å². The number of amides is 1. The summed E-state index contributed by atoms with van der Waals surface area (Å²) in [6, 6.07) is 4.77. The van der Waals surface area contributed by atoms with Gasteiger partial charge in [0.2, 0.25) is 15.9 Å². The van der Waals surface area contributed by atoms with Crippen molar-refractivity contribution in [2.45, 2.75) is 37.5 Å². The Balaban J connectivity index is 1.70. The second-order valence-electron chi connectivity index (χ2n) is 6.78. The minimum Gasteiger partial charge on any atom is -0.311 e. The van der Waals surface area contributed by atoms with E-state index in [0.29, 0.717) is 25.4 Å². The fraction of sp³-hybridized carbons (Fsp3) is 0.588. The van der Waals surface area contributed by atoms with Crippen LogP contribution in [0.3, 0.4) is 0 Å². The van der Waals surface area contributed by atoms with Crippen LogP contribution in [0.5, 0.6) is 0 Å². The number of carbonyl (C=O) groups is 1. The van der Waals surface area contributed by atoms with Crippen molar-refractivity contribution in [2.75, 3.05) is 31.1 Å². The van der Waals surface area contributed by atoms with Gasteiger partial charge in [0.15, 0.2) is 0 Å². The zero-order chi connectivity index (χ0) is 17.3. The molecule has 2 aliphatic rings. The molecule has 2 aliphatic heterocycles. The van der Waals surface area contributed by atoms with E-state index < -0.39 is 10.0 Å². The molecule has 0 spiro atoms. The van der Waals surface area contributed by atoms with Crippen molar-refractivity contribution in [1.29, 1.82) is 0 Å². The van der Waals surface area contributed by atoms with Gasteiger partial charge in [-0.3, -0.25) is 9.69 Å². The number of hydrogen-bond donors (Lipinski definition) is 1. The minimum atomic E-state index is -3.71. The quantitative estimate of drug-likeness (QED) is 0.887. The normalized spacial score (nSPS) is 21.8. The Labute approximate surface area is 143 Å². The van der Waals surface area contributed by atoms with E-state index in [9.17, 15) is 13.2 Å². The maximum absolute atomic E-state index is 12.7. The lowest BCUT2D eigenvalue weighted by Crippen LogP contribution is -2.43. The maximum atomic E-state index is 12.7. The van der Waals surface area contributed by atoms with Gasteiger partial charge in [-0.15, -0.1) is 0 Å². The van der Waals surface area contributed by atoms with Crippen LogP contribution in [-0.2, 0) is 21.2 Å². The van der Waals surface area contributed by atoms with Crippen molar-refractivity contribution < 1.29 is 13.2 Å². The third-order valence-corrected chi connectivity index (χ3v) is 6.03. The van der Waals surface area contributed by atoms with Crippen LogP contribution >= 0.6 is 0 Å². The Morgan fingerprint density at radius 1 is 1.33 bits per heavy atom. The predicted molar refractivity (Wildman–Crippen MR) is 93.3 cm³/mol. The Hall–Kier alpha value is -1.44. The van der Waals surface area contributed by atoms with Crippen molar-refractivity contribution in [2.24, 2.45) is 11.1 Å². The summed E-state index contributed by atoms with van der Waals surface area (Å²) in [6.45, 7) is 5.22. The first-order valence-electron chi connectivity index (χ1n) is 8.57. The fourth-order valence-electron chi connectivity index (χ4n) is 3.72. The average molecular weight is 351 g/mol. The largest absolute Gasteiger partial charge is 0.311 e. The molecule has 132 valence electrons. The lowest BCUT2D eigenvalue weighted by Gasteiger charge is -2.32. The highest BCUT2D eigenvalue weighted by Gasteiger charge is 2.28. The first kappa shape index (κ1) is 17.4. The van der Waals surface area contributed by atoms with Gasteiger partial charge >= 0.3 is 0 Å². The summed E-state index contributed by atoms with van der Waals surface area (Å²) in [5.74, 6) is 0.781. The Bertz CT molecular complexity index is 733.